The molecule has 1 saturated heterocycles. The number of ether oxygens (including phenoxy) is 1. The summed E-state index contributed by atoms with van der Waals surface area (Å²) in [5.41, 5.74) is 3.37. The Morgan fingerprint density at radius 1 is 1.23 bits per heavy atom. The van der Waals surface area contributed by atoms with Gasteiger partial charge in [-0.05, 0) is 44.5 Å². The van der Waals surface area contributed by atoms with E-state index in [0.29, 0.717) is 18.5 Å². The molecule has 2 aromatic rings. The van der Waals surface area contributed by atoms with E-state index in [0.717, 1.165) is 29.0 Å². The Bertz CT molecular complexity index is 832. The molecule has 1 fully saturated rings. The molecule has 5 heteroatoms. The molecule has 0 spiro atoms. The van der Waals surface area contributed by atoms with E-state index >= 15 is 0 Å². The average Bonchev–Trinajstić information content (AvgIpc) is 3.07. The molecule has 0 aliphatic carbocycles. The number of rotatable bonds is 5. The summed E-state index contributed by atoms with van der Waals surface area (Å²) < 4.78 is 5.41. The number of aryl methyl sites for hydroxylation is 1. The van der Waals surface area contributed by atoms with Gasteiger partial charge in [-0.2, -0.15) is 0 Å². The van der Waals surface area contributed by atoms with E-state index in [2.05, 4.69) is 5.32 Å². The number of hydrogen-bond acceptors (Lipinski definition) is 3. The summed E-state index contributed by atoms with van der Waals surface area (Å²) in [6.45, 7) is 4.65. The standard InChI is InChI=1S/C21H24N2O3/c1-14-9-10-19(26-3)18(12-14)15(2)22-21(25)16-6-4-7-17(13-16)23-11-5-8-20(23)24/h4,6-7,9-10,12-13,15H,5,8,11H2,1-3H3,(H,22,25)/t15-/m0/s1. The van der Waals surface area contributed by atoms with Crippen molar-refractivity contribution >= 4 is 17.5 Å². The summed E-state index contributed by atoms with van der Waals surface area (Å²) in [4.78, 5) is 26.4. The van der Waals surface area contributed by atoms with E-state index in [1.807, 2.05) is 44.2 Å². The van der Waals surface area contributed by atoms with Gasteiger partial charge in [-0.1, -0.05) is 23.8 Å². The van der Waals surface area contributed by atoms with Crippen molar-refractivity contribution in [3.8, 4) is 5.75 Å². The molecular formula is C21H24N2O3. The molecule has 136 valence electrons. The second-order valence-corrected chi connectivity index (χ2v) is 6.64. The van der Waals surface area contributed by atoms with Crippen LogP contribution in [-0.4, -0.2) is 25.5 Å². The van der Waals surface area contributed by atoms with Gasteiger partial charge in [0.25, 0.3) is 5.91 Å². The van der Waals surface area contributed by atoms with Crippen molar-refractivity contribution in [1.82, 2.24) is 5.32 Å². The zero-order valence-electron chi connectivity index (χ0n) is 15.4. The van der Waals surface area contributed by atoms with Crippen LogP contribution >= 0.6 is 0 Å². The highest BCUT2D eigenvalue weighted by Crippen LogP contribution is 2.27. The van der Waals surface area contributed by atoms with Crippen LogP contribution in [0.5, 0.6) is 5.75 Å². The fourth-order valence-electron chi connectivity index (χ4n) is 3.29. The Labute approximate surface area is 154 Å². The number of anilines is 1. The Kier molecular flexibility index (Phi) is 5.26. The molecule has 5 nitrogen and oxygen atoms in total. The van der Waals surface area contributed by atoms with E-state index in [-0.39, 0.29) is 17.9 Å². The van der Waals surface area contributed by atoms with Crippen LogP contribution in [0, 0.1) is 6.92 Å². The molecule has 0 unspecified atom stereocenters. The Morgan fingerprint density at radius 3 is 2.73 bits per heavy atom. The summed E-state index contributed by atoms with van der Waals surface area (Å²) in [5, 5.41) is 3.02. The van der Waals surface area contributed by atoms with Crippen LogP contribution in [-0.2, 0) is 4.79 Å². The van der Waals surface area contributed by atoms with Crippen molar-refractivity contribution in [3.05, 3.63) is 59.2 Å². The summed E-state index contributed by atoms with van der Waals surface area (Å²) >= 11 is 0. The van der Waals surface area contributed by atoms with Gasteiger partial charge in [-0.15, -0.1) is 0 Å². The third-order valence-corrected chi connectivity index (χ3v) is 4.69. The van der Waals surface area contributed by atoms with Gasteiger partial charge in [0.1, 0.15) is 5.75 Å². The van der Waals surface area contributed by atoms with E-state index in [4.69, 9.17) is 4.74 Å². The quantitative estimate of drug-likeness (QED) is 0.894. The van der Waals surface area contributed by atoms with Crippen LogP contribution < -0.4 is 15.0 Å². The first-order chi connectivity index (χ1) is 12.5. The predicted octanol–water partition coefficient (Wildman–Crippen LogP) is 3.62. The molecule has 2 aromatic carbocycles. The minimum atomic E-state index is -0.200. The van der Waals surface area contributed by atoms with E-state index in [1.165, 1.54) is 0 Å². The van der Waals surface area contributed by atoms with Gasteiger partial charge in [0.15, 0.2) is 0 Å². The fraction of sp³-hybridized carbons (Fsp3) is 0.333. The number of nitrogens with one attached hydrogen (secondary N) is 1. The highest BCUT2D eigenvalue weighted by atomic mass is 16.5. The summed E-state index contributed by atoms with van der Waals surface area (Å²) in [6, 6.07) is 12.9. The van der Waals surface area contributed by atoms with Gasteiger partial charge < -0.3 is 15.0 Å². The topological polar surface area (TPSA) is 58.6 Å². The molecule has 1 atom stereocenters. The van der Waals surface area contributed by atoms with Crippen LogP contribution in [0.25, 0.3) is 0 Å². The third-order valence-electron chi connectivity index (χ3n) is 4.69. The van der Waals surface area contributed by atoms with Crippen molar-refractivity contribution < 1.29 is 14.3 Å². The Morgan fingerprint density at radius 2 is 2.04 bits per heavy atom. The molecule has 1 N–H and O–H groups in total. The molecule has 3 rings (SSSR count). The first-order valence-electron chi connectivity index (χ1n) is 8.85. The van der Waals surface area contributed by atoms with E-state index < -0.39 is 0 Å². The highest BCUT2D eigenvalue weighted by molar-refractivity contribution is 5.99. The molecule has 0 bridgehead atoms. The minimum Gasteiger partial charge on any atom is -0.496 e. The fourth-order valence-corrected chi connectivity index (χ4v) is 3.29. The molecule has 26 heavy (non-hydrogen) atoms. The Balaban J connectivity index is 1.78. The minimum absolute atomic E-state index is 0.112. The number of benzene rings is 2. The summed E-state index contributed by atoms with van der Waals surface area (Å²) in [7, 11) is 1.62. The van der Waals surface area contributed by atoms with E-state index in [1.54, 1.807) is 24.1 Å². The van der Waals surface area contributed by atoms with Gasteiger partial charge in [0, 0.05) is 29.8 Å². The SMILES string of the molecule is COc1ccc(C)cc1[C@H](C)NC(=O)c1cccc(N2CCCC2=O)c1. The molecule has 1 aliphatic rings. The molecule has 0 saturated carbocycles. The summed E-state index contributed by atoms with van der Waals surface area (Å²) in [6.07, 6.45) is 1.43. The van der Waals surface area contributed by atoms with Gasteiger partial charge in [0.05, 0.1) is 13.2 Å². The number of carbonyl (C=O) groups is 2. The second kappa shape index (κ2) is 7.60. The lowest BCUT2D eigenvalue weighted by Gasteiger charge is -2.19. The predicted molar refractivity (Wildman–Crippen MR) is 102 cm³/mol. The first kappa shape index (κ1) is 18.0. The molecule has 1 heterocycles. The highest BCUT2D eigenvalue weighted by Gasteiger charge is 2.22. The van der Waals surface area contributed by atoms with Crippen LogP contribution in [0.15, 0.2) is 42.5 Å². The third kappa shape index (κ3) is 3.72. The molecule has 1 aliphatic heterocycles. The normalized spacial score (nSPS) is 15.0. The summed E-state index contributed by atoms with van der Waals surface area (Å²) in [5.74, 6) is 0.690. The van der Waals surface area contributed by atoms with Crippen LogP contribution in [0.2, 0.25) is 0 Å². The maximum atomic E-state index is 12.7. The van der Waals surface area contributed by atoms with Crippen molar-refractivity contribution in [2.45, 2.75) is 32.7 Å². The monoisotopic (exact) mass is 352 g/mol. The van der Waals surface area contributed by atoms with Gasteiger partial charge in [0.2, 0.25) is 5.91 Å². The second-order valence-electron chi connectivity index (χ2n) is 6.64. The maximum absolute atomic E-state index is 12.7. The lowest BCUT2D eigenvalue weighted by atomic mass is 10.0. The lowest BCUT2D eigenvalue weighted by Crippen LogP contribution is -2.28. The molecular weight excluding hydrogens is 328 g/mol. The van der Waals surface area contributed by atoms with Crippen molar-refractivity contribution in [2.24, 2.45) is 0 Å². The van der Waals surface area contributed by atoms with Gasteiger partial charge >= 0.3 is 0 Å². The zero-order chi connectivity index (χ0) is 18.7. The maximum Gasteiger partial charge on any atom is 0.251 e. The van der Waals surface area contributed by atoms with Crippen molar-refractivity contribution in [3.63, 3.8) is 0 Å². The number of nitrogens with zero attached hydrogens (tertiary/aromatic N) is 1. The zero-order valence-corrected chi connectivity index (χ0v) is 15.4. The lowest BCUT2D eigenvalue weighted by molar-refractivity contribution is -0.117. The molecule has 2 amide bonds. The average molecular weight is 352 g/mol. The van der Waals surface area contributed by atoms with Crippen LogP contribution in [0.4, 0.5) is 5.69 Å². The number of methoxy groups -OCH3 is 1. The van der Waals surface area contributed by atoms with Crippen LogP contribution in [0.3, 0.4) is 0 Å². The first-order valence-corrected chi connectivity index (χ1v) is 8.85. The number of carbonyl (C=O) groups excluding carboxylic acids is 2. The Hall–Kier alpha value is -2.82. The van der Waals surface area contributed by atoms with Crippen molar-refractivity contribution in [1.29, 1.82) is 0 Å². The number of amides is 2. The van der Waals surface area contributed by atoms with E-state index in [9.17, 15) is 9.59 Å². The smallest absolute Gasteiger partial charge is 0.251 e. The van der Waals surface area contributed by atoms with Gasteiger partial charge in [-0.25, -0.2) is 0 Å². The van der Waals surface area contributed by atoms with Crippen molar-refractivity contribution in [2.75, 3.05) is 18.6 Å². The molecule has 0 aromatic heterocycles. The van der Waals surface area contributed by atoms with Gasteiger partial charge in [-0.3, -0.25) is 9.59 Å². The van der Waals surface area contributed by atoms with Crippen LogP contribution in [0.1, 0.15) is 47.3 Å². The molecule has 0 radical (unpaired) electrons. The largest absolute Gasteiger partial charge is 0.496 e. The number of hydrogen-bond donors (Lipinski definition) is 1.